The van der Waals surface area contributed by atoms with E-state index in [4.69, 9.17) is 5.11 Å². The molecule has 6 nitrogen and oxygen atoms in total. The van der Waals surface area contributed by atoms with Crippen LogP contribution in [0.3, 0.4) is 0 Å². The zero-order valence-corrected chi connectivity index (χ0v) is 11.8. The van der Waals surface area contributed by atoms with Crippen molar-refractivity contribution >= 4 is 11.9 Å². The first kappa shape index (κ1) is 15.9. The van der Waals surface area contributed by atoms with Crippen LogP contribution in [0.2, 0.25) is 0 Å². The van der Waals surface area contributed by atoms with Crippen molar-refractivity contribution in [2.24, 2.45) is 0 Å². The van der Waals surface area contributed by atoms with E-state index in [1.165, 1.54) is 0 Å². The fourth-order valence-corrected chi connectivity index (χ4v) is 2.58. The Labute approximate surface area is 114 Å². The van der Waals surface area contributed by atoms with Gasteiger partial charge in [0.15, 0.2) is 0 Å². The highest BCUT2D eigenvalue weighted by molar-refractivity contribution is 5.96. The molecule has 2 unspecified atom stereocenters. The third-order valence-corrected chi connectivity index (χ3v) is 3.57. The van der Waals surface area contributed by atoms with Crippen LogP contribution in [0.5, 0.6) is 0 Å². The molecular formula is C13H25N3O3. The van der Waals surface area contributed by atoms with E-state index in [-0.39, 0.29) is 18.6 Å². The smallest absolute Gasteiger partial charge is 0.321 e. The highest BCUT2D eigenvalue weighted by atomic mass is 16.3. The van der Waals surface area contributed by atoms with Gasteiger partial charge in [0.1, 0.15) is 0 Å². The third kappa shape index (κ3) is 4.80. The van der Waals surface area contributed by atoms with Crippen molar-refractivity contribution in [3.63, 3.8) is 0 Å². The summed E-state index contributed by atoms with van der Waals surface area (Å²) in [5.41, 5.74) is 0. The molecule has 0 bridgehead atoms. The van der Waals surface area contributed by atoms with Gasteiger partial charge in [0.25, 0.3) is 0 Å². The van der Waals surface area contributed by atoms with Crippen molar-refractivity contribution in [3.8, 4) is 0 Å². The summed E-state index contributed by atoms with van der Waals surface area (Å²) < 4.78 is 0. The highest BCUT2D eigenvalue weighted by Crippen LogP contribution is 2.23. The summed E-state index contributed by atoms with van der Waals surface area (Å²) >= 11 is 0. The Kier molecular flexibility index (Phi) is 6.80. The zero-order valence-electron chi connectivity index (χ0n) is 11.8. The first-order chi connectivity index (χ1) is 9.10. The molecule has 0 aromatic rings. The molecule has 6 heteroatoms. The lowest BCUT2D eigenvalue weighted by Crippen LogP contribution is -2.50. The van der Waals surface area contributed by atoms with Crippen LogP contribution in [-0.4, -0.2) is 53.7 Å². The van der Waals surface area contributed by atoms with Gasteiger partial charge in [0, 0.05) is 19.2 Å². The lowest BCUT2D eigenvalue weighted by Gasteiger charge is -2.29. The molecule has 110 valence electrons. The van der Waals surface area contributed by atoms with Crippen molar-refractivity contribution in [2.75, 3.05) is 19.7 Å². The van der Waals surface area contributed by atoms with Gasteiger partial charge in [-0.1, -0.05) is 0 Å². The molecule has 1 aliphatic rings. The Hall–Kier alpha value is -1.14. The predicted molar refractivity (Wildman–Crippen MR) is 72.7 cm³/mol. The van der Waals surface area contributed by atoms with Crippen LogP contribution in [0, 0.1) is 0 Å². The van der Waals surface area contributed by atoms with Crippen LogP contribution in [0.25, 0.3) is 0 Å². The molecule has 0 aromatic carbocycles. The van der Waals surface area contributed by atoms with E-state index in [1.807, 2.05) is 6.92 Å². The van der Waals surface area contributed by atoms with Gasteiger partial charge in [-0.25, -0.2) is 4.79 Å². The summed E-state index contributed by atoms with van der Waals surface area (Å²) in [6.07, 6.45) is 3.77. The van der Waals surface area contributed by atoms with Gasteiger partial charge in [-0.15, -0.1) is 0 Å². The summed E-state index contributed by atoms with van der Waals surface area (Å²) in [6.45, 7) is 5.19. The SMILES string of the molecule is CCNC(=O)NC(=O)C(C)N1CCCC1CCCO. The predicted octanol–water partition coefficient (Wildman–Crippen LogP) is 0.458. The second-order valence-corrected chi connectivity index (χ2v) is 4.92. The molecule has 3 amide bonds. The molecule has 0 aliphatic carbocycles. The summed E-state index contributed by atoms with van der Waals surface area (Å²) in [7, 11) is 0. The molecular weight excluding hydrogens is 246 g/mol. The second-order valence-electron chi connectivity index (χ2n) is 4.92. The number of nitrogens with zero attached hydrogens (tertiary/aromatic N) is 1. The average molecular weight is 271 g/mol. The highest BCUT2D eigenvalue weighted by Gasteiger charge is 2.31. The number of aliphatic hydroxyl groups is 1. The third-order valence-electron chi connectivity index (χ3n) is 3.57. The van der Waals surface area contributed by atoms with Crippen molar-refractivity contribution in [1.82, 2.24) is 15.5 Å². The van der Waals surface area contributed by atoms with E-state index in [1.54, 1.807) is 6.92 Å². The second kappa shape index (κ2) is 8.12. The van der Waals surface area contributed by atoms with E-state index in [0.29, 0.717) is 12.6 Å². The molecule has 1 fully saturated rings. The van der Waals surface area contributed by atoms with Crippen LogP contribution in [0.1, 0.15) is 39.5 Å². The molecule has 2 atom stereocenters. The van der Waals surface area contributed by atoms with Gasteiger partial charge < -0.3 is 10.4 Å². The summed E-state index contributed by atoms with van der Waals surface area (Å²) in [6, 6.07) is -0.415. The molecule has 1 saturated heterocycles. The topological polar surface area (TPSA) is 81.7 Å². The number of urea groups is 1. The van der Waals surface area contributed by atoms with Crippen LogP contribution in [0.15, 0.2) is 0 Å². The first-order valence-corrected chi connectivity index (χ1v) is 7.05. The van der Waals surface area contributed by atoms with E-state index < -0.39 is 6.03 Å². The Morgan fingerprint density at radius 3 is 2.84 bits per heavy atom. The van der Waals surface area contributed by atoms with Crippen molar-refractivity contribution in [3.05, 3.63) is 0 Å². The normalized spacial score (nSPS) is 21.1. The fraction of sp³-hybridized carbons (Fsp3) is 0.846. The molecule has 0 radical (unpaired) electrons. The molecule has 0 saturated carbocycles. The van der Waals surface area contributed by atoms with Gasteiger partial charge >= 0.3 is 6.03 Å². The Morgan fingerprint density at radius 1 is 1.47 bits per heavy atom. The fourth-order valence-electron chi connectivity index (χ4n) is 2.58. The Morgan fingerprint density at radius 2 is 2.21 bits per heavy atom. The molecule has 19 heavy (non-hydrogen) atoms. The van der Waals surface area contributed by atoms with Crippen molar-refractivity contribution in [1.29, 1.82) is 0 Å². The number of hydrogen-bond acceptors (Lipinski definition) is 4. The molecule has 0 aromatic heterocycles. The maximum absolute atomic E-state index is 12.0. The van der Waals surface area contributed by atoms with Crippen molar-refractivity contribution in [2.45, 2.75) is 51.6 Å². The average Bonchev–Trinajstić information content (AvgIpc) is 2.83. The number of rotatable bonds is 6. The maximum Gasteiger partial charge on any atom is 0.321 e. The number of carbonyl (C=O) groups excluding carboxylic acids is 2. The number of amides is 3. The van der Waals surface area contributed by atoms with Crippen LogP contribution >= 0.6 is 0 Å². The molecule has 1 aliphatic heterocycles. The van der Waals surface area contributed by atoms with Gasteiger partial charge in [0.2, 0.25) is 5.91 Å². The van der Waals surface area contributed by atoms with Crippen LogP contribution in [0.4, 0.5) is 4.79 Å². The maximum atomic E-state index is 12.0. The largest absolute Gasteiger partial charge is 0.396 e. The number of nitrogens with one attached hydrogen (secondary N) is 2. The molecule has 3 N–H and O–H groups in total. The molecule has 1 heterocycles. The minimum Gasteiger partial charge on any atom is -0.396 e. The number of imide groups is 1. The van der Waals surface area contributed by atoms with Gasteiger partial charge in [0.05, 0.1) is 6.04 Å². The number of hydrogen-bond donors (Lipinski definition) is 3. The van der Waals surface area contributed by atoms with Gasteiger partial charge in [-0.2, -0.15) is 0 Å². The summed E-state index contributed by atoms with van der Waals surface area (Å²) in [5, 5.41) is 13.8. The van der Waals surface area contributed by atoms with Crippen molar-refractivity contribution < 1.29 is 14.7 Å². The van der Waals surface area contributed by atoms with E-state index in [2.05, 4.69) is 15.5 Å². The number of likely N-dealkylation sites (tertiary alicyclic amines) is 1. The minimum absolute atomic E-state index is 0.184. The standard InChI is InChI=1S/C13H25N3O3/c1-3-14-13(19)15-12(18)10(2)16-8-4-6-11(16)7-5-9-17/h10-11,17H,3-9H2,1-2H3,(H2,14,15,18,19). The first-order valence-electron chi connectivity index (χ1n) is 7.05. The van der Waals surface area contributed by atoms with E-state index in [0.717, 1.165) is 32.2 Å². The quantitative estimate of drug-likeness (QED) is 0.655. The molecule has 0 spiro atoms. The van der Waals surface area contributed by atoms with E-state index in [9.17, 15) is 9.59 Å². The lowest BCUT2D eigenvalue weighted by atomic mass is 10.1. The molecule has 1 rings (SSSR count). The van der Waals surface area contributed by atoms with Gasteiger partial charge in [-0.05, 0) is 46.1 Å². The Balaban J connectivity index is 2.48. The van der Waals surface area contributed by atoms with Gasteiger partial charge in [-0.3, -0.25) is 15.0 Å². The van der Waals surface area contributed by atoms with Crippen LogP contribution < -0.4 is 10.6 Å². The summed E-state index contributed by atoms with van der Waals surface area (Å²) in [5.74, 6) is -0.262. The van der Waals surface area contributed by atoms with Crippen LogP contribution in [-0.2, 0) is 4.79 Å². The number of carbonyl (C=O) groups is 2. The summed E-state index contributed by atoms with van der Waals surface area (Å²) in [4.78, 5) is 25.4. The lowest BCUT2D eigenvalue weighted by molar-refractivity contribution is -0.125. The van der Waals surface area contributed by atoms with E-state index >= 15 is 0 Å². The Bertz CT molecular complexity index is 310. The number of aliphatic hydroxyl groups excluding tert-OH is 1. The zero-order chi connectivity index (χ0) is 14.3. The monoisotopic (exact) mass is 271 g/mol. The minimum atomic E-state index is -0.439.